The Morgan fingerprint density at radius 3 is 2.25 bits per heavy atom. The van der Waals surface area contributed by atoms with E-state index in [1.807, 2.05) is 6.07 Å². The third-order valence-electron chi connectivity index (χ3n) is 3.95. The van der Waals surface area contributed by atoms with E-state index in [4.69, 9.17) is 9.47 Å². The molecule has 7 nitrogen and oxygen atoms in total. The maximum atomic E-state index is 12.6. The average molecular weight is 510 g/mol. The van der Waals surface area contributed by atoms with Gasteiger partial charge in [-0.1, -0.05) is 34.1 Å². The van der Waals surface area contributed by atoms with Crippen LogP contribution in [0.1, 0.15) is 20.8 Å². The maximum absolute atomic E-state index is 12.6. The summed E-state index contributed by atoms with van der Waals surface area (Å²) in [6, 6.07) is 11.9. The number of nitrogens with zero attached hydrogens (tertiary/aromatic N) is 2. The van der Waals surface area contributed by atoms with E-state index in [1.54, 1.807) is 30.3 Å². The van der Waals surface area contributed by atoms with E-state index in [1.165, 1.54) is 25.0 Å². The zero-order chi connectivity index (χ0) is 20.4. The third-order valence-corrected chi connectivity index (χ3v) is 5.24. The van der Waals surface area contributed by atoms with Crippen molar-refractivity contribution in [3.05, 3.63) is 62.7 Å². The van der Waals surface area contributed by atoms with Crippen LogP contribution in [0.25, 0.3) is 16.9 Å². The van der Waals surface area contributed by atoms with Gasteiger partial charge in [0.1, 0.15) is 17.0 Å². The predicted octanol–water partition coefficient (Wildman–Crippen LogP) is 4.34. The van der Waals surface area contributed by atoms with Crippen molar-refractivity contribution in [3.8, 4) is 22.7 Å². The predicted molar refractivity (Wildman–Crippen MR) is 109 cm³/mol. The van der Waals surface area contributed by atoms with Crippen LogP contribution < -0.4 is 0 Å². The van der Waals surface area contributed by atoms with Crippen molar-refractivity contribution in [1.82, 2.24) is 9.78 Å². The molecule has 2 aromatic carbocycles. The molecule has 0 aliphatic rings. The standard InChI is InChI=1S/C19H14Br2N2O5/c1-27-18(25)15-16(11-8-14(24)13(21)9-12(11)20)22-23(17(15)19(26)28-2)10-6-4-3-5-7-10/h3-9,24H,1-2H3. The number of methoxy groups -OCH3 is 2. The number of ether oxygens (including phenoxy) is 2. The molecule has 0 fully saturated rings. The van der Waals surface area contributed by atoms with Crippen molar-refractivity contribution in [1.29, 1.82) is 0 Å². The minimum Gasteiger partial charge on any atom is -0.507 e. The van der Waals surface area contributed by atoms with Gasteiger partial charge in [0.05, 0.1) is 24.4 Å². The first-order valence-electron chi connectivity index (χ1n) is 7.92. The molecule has 1 heterocycles. The molecule has 3 rings (SSSR count). The van der Waals surface area contributed by atoms with E-state index in [9.17, 15) is 14.7 Å². The van der Waals surface area contributed by atoms with Crippen LogP contribution in [0.3, 0.4) is 0 Å². The van der Waals surface area contributed by atoms with Crippen molar-refractivity contribution in [3.63, 3.8) is 0 Å². The first kappa shape index (κ1) is 20.1. The van der Waals surface area contributed by atoms with Gasteiger partial charge in [0.2, 0.25) is 0 Å². The number of aromatic hydroxyl groups is 1. The number of phenols is 1. The van der Waals surface area contributed by atoms with Gasteiger partial charge in [-0.05, 0) is 40.2 Å². The fourth-order valence-corrected chi connectivity index (χ4v) is 3.84. The molecule has 9 heteroatoms. The number of hydrogen-bond acceptors (Lipinski definition) is 6. The lowest BCUT2D eigenvalue weighted by Crippen LogP contribution is -2.15. The zero-order valence-corrected chi connectivity index (χ0v) is 17.9. The fraction of sp³-hybridized carbons (Fsp3) is 0.105. The van der Waals surface area contributed by atoms with Crippen molar-refractivity contribution < 1.29 is 24.2 Å². The van der Waals surface area contributed by atoms with Gasteiger partial charge in [0, 0.05) is 10.0 Å². The number of benzene rings is 2. The lowest BCUT2D eigenvalue weighted by Gasteiger charge is -2.07. The number of rotatable bonds is 4. The molecule has 3 aromatic rings. The van der Waals surface area contributed by atoms with E-state index in [0.717, 1.165) is 0 Å². The van der Waals surface area contributed by atoms with Gasteiger partial charge in [-0.3, -0.25) is 0 Å². The van der Waals surface area contributed by atoms with Gasteiger partial charge < -0.3 is 14.6 Å². The number of phenolic OH excluding ortho intramolecular Hbond substituents is 1. The fourth-order valence-electron chi connectivity index (χ4n) is 2.66. The van der Waals surface area contributed by atoms with Gasteiger partial charge in [-0.25, -0.2) is 14.3 Å². The molecule has 0 saturated heterocycles. The van der Waals surface area contributed by atoms with Crippen molar-refractivity contribution in [2.24, 2.45) is 0 Å². The van der Waals surface area contributed by atoms with Crippen LogP contribution in [0, 0.1) is 0 Å². The van der Waals surface area contributed by atoms with Gasteiger partial charge >= 0.3 is 11.9 Å². The molecule has 0 amide bonds. The number of aromatic nitrogens is 2. The number of esters is 2. The van der Waals surface area contributed by atoms with Gasteiger partial charge in [0.15, 0.2) is 5.69 Å². The Balaban J connectivity index is 2.40. The van der Waals surface area contributed by atoms with Crippen LogP contribution in [-0.4, -0.2) is 41.0 Å². The molecule has 0 bridgehead atoms. The second-order valence-corrected chi connectivity index (χ2v) is 7.29. The Kier molecular flexibility index (Phi) is 5.85. The third kappa shape index (κ3) is 3.55. The molecule has 0 aliphatic heterocycles. The summed E-state index contributed by atoms with van der Waals surface area (Å²) in [7, 11) is 2.42. The Labute approximate surface area is 177 Å². The number of carbonyl (C=O) groups is 2. The monoisotopic (exact) mass is 508 g/mol. The lowest BCUT2D eigenvalue weighted by molar-refractivity contribution is 0.0549. The van der Waals surface area contributed by atoms with E-state index in [0.29, 0.717) is 20.2 Å². The molecular formula is C19H14Br2N2O5. The molecule has 0 radical (unpaired) electrons. The SMILES string of the molecule is COC(=O)c1c(-c2cc(O)c(Br)cc2Br)nn(-c2ccccc2)c1C(=O)OC. The molecular weight excluding hydrogens is 496 g/mol. The molecule has 144 valence electrons. The summed E-state index contributed by atoms with van der Waals surface area (Å²) < 4.78 is 12.1. The smallest absolute Gasteiger partial charge is 0.357 e. The summed E-state index contributed by atoms with van der Waals surface area (Å²) in [5.74, 6) is -1.56. The quantitative estimate of drug-likeness (QED) is 0.526. The van der Waals surface area contributed by atoms with Gasteiger partial charge in [-0.2, -0.15) is 5.10 Å². The molecule has 0 saturated carbocycles. The summed E-state index contributed by atoms with van der Waals surface area (Å²) in [5, 5.41) is 14.6. The summed E-state index contributed by atoms with van der Waals surface area (Å²) in [5.41, 5.74) is 0.967. The number of para-hydroxylation sites is 1. The van der Waals surface area contributed by atoms with Crippen LogP contribution in [0.4, 0.5) is 0 Å². The lowest BCUT2D eigenvalue weighted by atomic mass is 10.1. The highest BCUT2D eigenvalue weighted by atomic mass is 79.9. The van der Waals surface area contributed by atoms with Crippen molar-refractivity contribution in [2.45, 2.75) is 0 Å². The highest BCUT2D eigenvalue weighted by molar-refractivity contribution is 9.11. The average Bonchev–Trinajstić information content (AvgIpc) is 3.10. The highest BCUT2D eigenvalue weighted by Crippen LogP contribution is 2.39. The zero-order valence-electron chi connectivity index (χ0n) is 14.8. The number of carbonyl (C=O) groups excluding carboxylic acids is 2. The molecule has 28 heavy (non-hydrogen) atoms. The summed E-state index contributed by atoms with van der Waals surface area (Å²) in [6.45, 7) is 0. The van der Waals surface area contributed by atoms with Crippen LogP contribution in [0.5, 0.6) is 5.75 Å². The molecule has 0 atom stereocenters. The largest absolute Gasteiger partial charge is 0.507 e. The minimum absolute atomic E-state index is 0.0529. The van der Waals surface area contributed by atoms with Gasteiger partial charge in [-0.15, -0.1) is 0 Å². The molecule has 1 aromatic heterocycles. The van der Waals surface area contributed by atoms with E-state index >= 15 is 0 Å². The van der Waals surface area contributed by atoms with Crippen LogP contribution in [-0.2, 0) is 9.47 Å². The second kappa shape index (κ2) is 8.15. The number of halogens is 2. The number of hydrogen-bond donors (Lipinski definition) is 1. The molecule has 1 N–H and O–H groups in total. The summed E-state index contributed by atoms with van der Waals surface area (Å²) in [6.07, 6.45) is 0. The van der Waals surface area contributed by atoms with E-state index in [-0.39, 0.29) is 22.7 Å². The van der Waals surface area contributed by atoms with Crippen LogP contribution in [0.15, 0.2) is 51.4 Å². The van der Waals surface area contributed by atoms with Crippen molar-refractivity contribution in [2.75, 3.05) is 14.2 Å². The maximum Gasteiger partial charge on any atom is 0.357 e. The topological polar surface area (TPSA) is 90.6 Å². The first-order chi connectivity index (χ1) is 13.4. The van der Waals surface area contributed by atoms with E-state index in [2.05, 4.69) is 37.0 Å². The Bertz CT molecular complexity index is 1060. The minimum atomic E-state index is -0.758. The van der Waals surface area contributed by atoms with Gasteiger partial charge in [0.25, 0.3) is 0 Å². The summed E-state index contributed by atoms with van der Waals surface area (Å²) in [4.78, 5) is 25.1. The van der Waals surface area contributed by atoms with E-state index < -0.39 is 11.9 Å². The van der Waals surface area contributed by atoms with Crippen molar-refractivity contribution >= 4 is 43.8 Å². The molecule has 0 unspecified atom stereocenters. The first-order valence-corrected chi connectivity index (χ1v) is 9.51. The Morgan fingerprint density at radius 1 is 1.00 bits per heavy atom. The second-order valence-electron chi connectivity index (χ2n) is 5.59. The van der Waals surface area contributed by atoms with Crippen LogP contribution >= 0.6 is 31.9 Å². The highest BCUT2D eigenvalue weighted by Gasteiger charge is 2.32. The Hall–Kier alpha value is -2.65. The molecule has 0 aliphatic carbocycles. The summed E-state index contributed by atoms with van der Waals surface area (Å²) >= 11 is 6.64. The normalized spacial score (nSPS) is 10.6. The Morgan fingerprint density at radius 2 is 1.64 bits per heavy atom. The molecule has 0 spiro atoms. The van der Waals surface area contributed by atoms with Crippen LogP contribution in [0.2, 0.25) is 0 Å².